The largest absolute Gasteiger partial charge is 0.349 e. The topological polar surface area (TPSA) is 42.4 Å². The maximum absolute atomic E-state index is 12.6. The Kier molecular flexibility index (Phi) is 5.46. The van der Waals surface area contributed by atoms with Gasteiger partial charge in [0, 0.05) is 28.2 Å². The van der Waals surface area contributed by atoms with Gasteiger partial charge in [-0.05, 0) is 28.2 Å². The van der Waals surface area contributed by atoms with Crippen LogP contribution < -0.4 is 0 Å². The molecule has 0 fully saturated rings. The lowest BCUT2D eigenvalue weighted by molar-refractivity contribution is 0.440. The SMILES string of the molecule is CN(C)C(=NP(=O)(N(C)C)N(C)C)N(C)C. The Morgan fingerprint density at radius 2 is 1.12 bits per heavy atom. The van der Waals surface area contributed by atoms with Gasteiger partial charge in [-0.1, -0.05) is 0 Å². The van der Waals surface area contributed by atoms with Crippen molar-refractivity contribution in [3.8, 4) is 0 Å². The third-order valence-electron chi connectivity index (χ3n) is 2.06. The van der Waals surface area contributed by atoms with Crippen molar-refractivity contribution in [2.24, 2.45) is 4.76 Å². The van der Waals surface area contributed by atoms with Crippen molar-refractivity contribution < 1.29 is 4.57 Å². The zero-order valence-electron chi connectivity index (χ0n) is 11.6. The zero-order chi connectivity index (χ0) is 13.1. The molecule has 0 radical (unpaired) electrons. The fraction of sp³-hybridized carbons (Fsp3) is 0.889. The molecule has 0 heterocycles. The molecular formula is C9H24N5OP. The number of guanidine groups is 1. The van der Waals surface area contributed by atoms with E-state index in [1.165, 1.54) is 0 Å². The molecule has 0 aliphatic rings. The number of hydrogen-bond donors (Lipinski definition) is 0. The minimum absolute atomic E-state index is 0.686. The second kappa shape index (κ2) is 5.66. The molecule has 0 aliphatic carbocycles. The lowest BCUT2D eigenvalue weighted by atomic mass is 10.7. The highest BCUT2D eigenvalue weighted by Gasteiger charge is 2.29. The van der Waals surface area contributed by atoms with E-state index in [0.29, 0.717) is 5.96 Å². The van der Waals surface area contributed by atoms with E-state index in [1.54, 1.807) is 37.5 Å². The molecule has 0 amide bonds. The van der Waals surface area contributed by atoms with Gasteiger partial charge in [-0.25, -0.2) is 9.34 Å². The summed E-state index contributed by atoms with van der Waals surface area (Å²) < 4.78 is 20.3. The molecule has 96 valence electrons. The Balaban J connectivity index is 5.42. The van der Waals surface area contributed by atoms with Crippen LogP contribution in [-0.2, 0) is 4.57 Å². The molecule has 7 heteroatoms. The minimum atomic E-state index is -2.86. The lowest BCUT2D eigenvalue weighted by Crippen LogP contribution is -2.36. The van der Waals surface area contributed by atoms with Gasteiger partial charge in [0.1, 0.15) is 0 Å². The van der Waals surface area contributed by atoms with Gasteiger partial charge in [-0.2, -0.15) is 4.76 Å². The van der Waals surface area contributed by atoms with Gasteiger partial charge in [-0.3, -0.25) is 4.57 Å². The number of nitrogens with zero attached hydrogens (tertiary/aromatic N) is 5. The van der Waals surface area contributed by atoms with E-state index in [4.69, 9.17) is 0 Å². The van der Waals surface area contributed by atoms with Gasteiger partial charge < -0.3 is 9.80 Å². The molecule has 0 unspecified atom stereocenters. The van der Waals surface area contributed by atoms with Gasteiger partial charge in [0.25, 0.3) is 0 Å². The summed E-state index contributed by atoms with van der Waals surface area (Å²) in [6.07, 6.45) is 0. The Bertz CT molecular complexity index is 276. The van der Waals surface area contributed by atoms with Crippen LogP contribution in [0.1, 0.15) is 0 Å². The van der Waals surface area contributed by atoms with Gasteiger partial charge >= 0.3 is 7.59 Å². The monoisotopic (exact) mass is 249 g/mol. The van der Waals surface area contributed by atoms with E-state index in [9.17, 15) is 4.57 Å². The molecule has 0 aliphatic heterocycles. The van der Waals surface area contributed by atoms with Crippen LogP contribution in [0.25, 0.3) is 0 Å². The summed E-state index contributed by atoms with van der Waals surface area (Å²) in [6, 6.07) is 0. The van der Waals surface area contributed by atoms with Crippen LogP contribution >= 0.6 is 7.59 Å². The van der Waals surface area contributed by atoms with Crippen LogP contribution in [-0.4, -0.2) is 81.5 Å². The van der Waals surface area contributed by atoms with Crippen LogP contribution in [0.3, 0.4) is 0 Å². The molecule has 0 aromatic rings. The number of hydrogen-bond acceptors (Lipinski definition) is 1. The van der Waals surface area contributed by atoms with Crippen molar-refractivity contribution in [1.82, 2.24) is 19.1 Å². The van der Waals surface area contributed by atoms with Crippen LogP contribution in [0.4, 0.5) is 0 Å². The summed E-state index contributed by atoms with van der Waals surface area (Å²) in [5.74, 6) is 0.686. The van der Waals surface area contributed by atoms with Crippen molar-refractivity contribution in [2.75, 3.05) is 56.4 Å². The highest BCUT2D eigenvalue weighted by molar-refractivity contribution is 7.57. The van der Waals surface area contributed by atoms with Crippen LogP contribution in [0.5, 0.6) is 0 Å². The normalized spacial score (nSPS) is 11.9. The van der Waals surface area contributed by atoms with Crippen LogP contribution in [0.15, 0.2) is 4.76 Å². The molecule has 0 saturated carbocycles. The summed E-state index contributed by atoms with van der Waals surface area (Å²) in [5.41, 5.74) is 0. The minimum Gasteiger partial charge on any atom is -0.349 e. The molecular weight excluding hydrogens is 225 g/mol. The van der Waals surface area contributed by atoms with E-state index in [-0.39, 0.29) is 0 Å². The molecule has 0 N–H and O–H groups in total. The number of rotatable bonds is 3. The summed E-state index contributed by atoms with van der Waals surface area (Å²) in [5, 5.41) is 0. The molecule has 0 spiro atoms. The highest BCUT2D eigenvalue weighted by atomic mass is 31.2. The maximum Gasteiger partial charge on any atom is 0.331 e. The first-order valence-electron chi connectivity index (χ1n) is 5.03. The fourth-order valence-electron chi connectivity index (χ4n) is 1.23. The second-order valence-corrected chi connectivity index (χ2v) is 7.22. The van der Waals surface area contributed by atoms with Crippen molar-refractivity contribution in [3.63, 3.8) is 0 Å². The third-order valence-corrected chi connectivity index (χ3v) is 4.59. The van der Waals surface area contributed by atoms with Gasteiger partial charge in [0.2, 0.25) is 5.96 Å². The lowest BCUT2D eigenvalue weighted by Gasteiger charge is -2.30. The van der Waals surface area contributed by atoms with Crippen molar-refractivity contribution in [3.05, 3.63) is 0 Å². The van der Waals surface area contributed by atoms with E-state index >= 15 is 0 Å². The first-order chi connectivity index (χ1) is 7.12. The standard InChI is InChI=1S/C9H24N5OP/c1-11(2)9(12(3)4)10-16(15,13(5)6)14(7)8/h1-8H3. The Morgan fingerprint density at radius 3 is 1.31 bits per heavy atom. The average molecular weight is 249 g/mol. The highest BCUT2D eigenvalue weighted by Crippen LogP contribution is 2.51. The Hall–Kier alpha value is -0.580. The van der Waals surface area contributed by atoms with Crippen molar-refractivity contribution in [1.29, 1.82) is 0 Å². The fourth-order valence-corrected chi connectivity index (χ4v) is 2.90. The van der Waals surface area contributed by atoms with Gasteiger partial charge in [-0.15, -0.1) is 0 Å². The van der Waals surface area contributed by atoms with E-state index in [1.807, 2.05) is 38.0 Å². The summed E-state index contributed by atoms with van der Waals surface area (Å²) in [7, 11) is 11.8. The molecule has 16 heavy (non-hydrogen) atoms. The maximum atomic E-state index is 12.6. The summed E-state index contributed by atoms with van der Waals surface area (Å²) in [4.78, 5) is 3.69. The van der Waals surface area contributed by atoms with Crippen LogP contribution in [0, 0.1) is 0 Å². The third kappa shape index (κ3) is 3.47. The van der Waals surface area contributed by atoms with Gasteiger partial charge in [0.05, 0.1) is 0 Å². The first kappa shape index (κ1) is 15.4. The van der Waals surface area contributed by atoms with Crippen molar-refractivity contribution >= 4 is 13.6 Å². The predicted molar refractivity (Wildman–Crippen MR) is 69.8 cm³/mol. The second-order valence-electron chi connectivity index (χ2n) is 4.40. The van der Waals surface area contributed by atoms with E-state index < -0.39 is 7.59 Å². The Labute approximate surface area is 99.1 Å². The Morgan fingerprint density at radius 1 is 0.812 bits per heavy atom. The summed E-state index contributed by atoms with van der Waals surface area (Å²) in [6.45, 7) is 0. The molecule has 0 saturated heterocycles. The van der Waals surface area contributed by atoms with E-state index in [2.05, 4.69) is 4.76 Å². The first-order valence-corrected chi connectivity index (χ1v) is 6.60. The quantitative estimate of drug-likeness (QED) is 0.418. The smallest absolute Gasteiger partial charge is 0.331 e. The molecule has 0 bridgehead atoms. The van der Waals surface area contributed by atoms with Gasteiger partial charge in [0.15, 0.2) is 0 Å². The van der Waals surface area contributed by atoms with Crippen molar-refractivity contribution in [2.45, 2.75) is 0 Å². The van der Waals surface area contributed by atoms with Crippen LogP contribution in [0.2, 0.25) is 0 Å². The molecule has 0 rings (SSSR count). The molecule has 0 aromatic carbocycles. The molecule has 0 atom stereocenters. The average Bonchev–Trinajstić information content (AvgIpc) is 2.11. The predicted octanol–water partition coefficient (Wildman–Crippen LogP) is 0.697. The molecule has 0 aromatic heterocycles. The van der Waals surface area contributed by atoms with E-state index in [0.717, 1.165) is 0 Å². The molecule has 6 nitrogen and oxygen atoms in total. The summed E-state index contributed by atoms with van der Waals surface area (Å²) >= 11 is 0. The zero-order valence-corrected chi connectivity index (χ0v) is 12.5.